The third-order valence-corrected chi connectivity index (χ3v) is 3.79. The van der Waals surface area contributed by atoms with Gasteiger partial charge in [-0.2, -0.15) is 0 Å². The fourth-order valence-electron chi connectivity index (χ4n) is 2.42. The number of rotatable bonds is 7. The Kier molecular flexibility index (Phi) is 6.56. The molecule has 0 aromatic rings. The maximum absolute atomic E-state index is 11.6. The predicted molar refractivity (Wildman–Crippen MR) is 69.7 cm³/mol. The largest absolute Gasteiger partial charge is 0.393 e. The van der Waals surface area contributed by atoms with Crippen LogP contribution in [0.5, 0.6) is 0 Å². The highest BCUT2D eigenvalue weighted by atomic mass is 16.3. The van der Waals surface area contributed by atoms with E-state index in [4.69, 9.17) is 0 Å². The molecule has 3 heteroatoms. The summed E-state index contributed by atoms with van der Waals surface area (Å²) in [4.78, 5) is 11.6. The molecule has 3 nitrogen and oxygen atoms in total. The van der Waals surface area contributed by atoms with Gasteiger partial charge in [0.25, 0.3) is 0 Å². The number of hydrogen-bond donors (Lipinski definition) is 2. The molecule has 1 saturated carbocycles. The minimum Gasteiger partial charge on any atom is -0.393 e. The second-order valence-corrected chi connectivity index (χ2v) is 5.64. The molecule has 0 aromatic carbocycles. The Labute approximate surface area is 105 Å². The third-order valence-electron chi connectivity index (χ3n) is 3.79. The lowest BCUT2D eigenvalue weighted by Gasteiger charge is -2.14. The van der Waals surface area contributed by atoms with Crippen molar-refractivity contribution >= 4 is 5.91 Å². The van der Waals surface area contributed by atoms with Crippen LogP contribution >= 0.6 is 0 Å². The molecule has 1 rings (SSSR count). The first-order valence-corrected chi connectivity index (χ1v) is 7.04. The van der Waals surface area contributed by atoms with Gasteiger partial charge in [0.15, 0.2) is 0 Å². The monoisotopic (exact) mass is 241 g/mol. The summed E-state index contributed by atoms with van der Waals surface area (Å²) in [6, 6.07) is 0. The number of carbonyl (C=O) groups excluding carboxylic acids is 1. The number of hydrogen-bond acceptors (Lipinski definition) is 2. The van der Waals surface area contributed by atoms with Gasteiger partial charge in [0.05, 0.1) is 6.10 Å². The highest BCUT2D eigenvalue weighted by Crippen LogP contribution is 2.28. The van der Waals surface area contributed by atoms with Gasteiger partial charge in [-0.3, -0.25) is 4.79 Å². The Morgan fingerprint density at radius 1 is 1.35 bits per heavy atom. The zero-order valence-electron chi connectivity index (χ0n) is 11.2. The van der Waals surface area contributed by atoms with E-state index in [9.17, 15) is 9.90 Å². The standard InChI is InChI=1S/C14H27NO2/c1-11(2)13(16)9-10-15-14(17)8-7-12-5-3-4-6-12/h11-13,16H,3-10H2,1-2H3,(H,15,17). The maximum Gasteiger partial charge on any atom is 0.220 e. The van der Waals surface area contributed by atoms with Gasteiger partial charge in [0.2, 0.25) is 5.91 Å². The Hall–Kier alpha value is -0.570. The molecular weight excluding hydrogens is 214 g/mol. The van der Waals surface area contributed by atoms with E-state index in [1.807, 2.05) is 13.8 Å². The molecule has 1 aliphatic carbocycles. The molecule has 0 radical (unpaired) electrons. The molecule has 0 aliphatic heterocycles. The summed E-state index contributed by atoms with van der Waals surface area (Å²) in [7, 11) is 0. The summed E-state index contributed by atoms with van der Waals surface area (Å²) in [6.45, 7) is 4.59. The van der Waals surface area contributed by atoms with Gasteiger partial charge in [-0.1, -0.05) is 39.5 Å². The van der Waals surface area contributed by atoms with Gasteiger partial charge in [-0.15, -0.1) is 0 Å². The second kappa shape index (κ2) is 7.70. The highest BCUT2D eigenvalue weighted by molar-refractivity contribution is 5.75. The quantitative estimate of drug-likeness (QED) is 0.719. The van der Waals surface area contributed by atoms with E-state index in [-0.39, 0.29) is 17.9 Å². The van der Waals surface area contributed by atoms with Crippen molar-refractivity contribution in [2.45, 2.75) is 64.9 Å². The first-order chi connectivity index (χ1) is 8.09. The van der Waals surface area contributed by atoms with Crippen LogP contribution in [0.15, 0.2) is 0 Å². The number of amides is 1. The Balaban J connectivity index is 2.00. The molecule has 1 aliphatic rings. The summed E-state index contributed by atoms with van der Waals surface area (Å²) in [5.74, 6) is 1.19. The van der Waals surface area contributed by atoms with Crippen LogP contribution < -0.4 is 5.32 Å². The molecule has 0 bridgehead atoms. The van der Waals surface area contributed by atoms with Crippen LogP contribution in [-0.2, 0) is 4.79 Å². The van der Waals surface area contributed by atoms with Crippen molar-refractivity contribution < 1.29 is 9.90 Å². The van der Waals surface area contributed by atoms with E-state index < -0.39 is 0 Å². The van der Waals surface area contributed by atoms with Gasteiger partial charge in [-0.05, 0) is 24.7 Å². The van der Waals surface area contributed by atoms with Crippen molar-refractivity contribution in [2.75, 3.05) is 6.54 Å². The van der Waals surface area contributed by atoms with Crippen molar-refractivity contribution in [3.8, 4) is 0 Å². The molecule has 1 fully saturated rings. The lowest BCUT2D eigenvalue weighted by Crippen LogP contribution is -2.28. The second-order valence-electron chi connectivity index (χ2n) is 5.64. The first-order valence-electron chi connectivity index (χ1n) is 7.04. The van der Waals surface area contributed by atoms with E-state index in [1.165, 1.54) is 25.7 Å². The summed E-state index contributed by atoms with van der Waals surface area (Å²) >= 11 is 0. The van der Waals surface area contributed by atoms with Crippen LogP contribution in [0.25, 0.3) is 0 Å². The van der Waals surface area contributed by atoms with Gasteiger partial charge >= 0.3 is 0 Å². The summed E-state index contributed by atoms with van der Waals surface area (Å²) in [5, 5.41) is 12.5. The van der Waals surface area contributed by atoms with Crippen LogP contribution in [0.2, 0.25) is 0 Å². The molecule has 100 valence electrons. The van der Waals surface area contributed by atoms with E-state index in [2.05, 4.69) is 5.32 Å². The van der Waals surface area contributed by atoms with Crippen LogP contribution in [0, 0.1) is 11.8 Å². The fourth-order valence-corrected chi connectivity index (χ4v) is 2.42. The van der Waals surface area contributed by atoms with Crippen LogP contribution in [0.1, 0.15) is 58.8 Å². The predicted octanol–water partition coefficient (Wildman–Crippen LogP) is 2.48. The lowest BCUT2D eigenvalue weighted by atomic mass is 10.0. The van der Waals surface area contributed by atoms with Gasteiger partial charge < -0.3 is 10.4 Å². The van der Waals surface area contributed by atoms with E-state index in [1.54, 1.807) is 0 Å². The van der Waals surface area contributed by atoms with Gasteiger partial charge in [0, 0.05) is 13.0 Å². The van der Waals surface area contributed by atoms with Crippen molar-refractivity contribution in [2.24, 2.45) is 11.8 Å². The van der Waals surface area contributed by atoms with Gasteiger partial charge in [-0.25, -0.2) is 0 Å². The molecule has 1 amide bonds. The van der Waals surface area contributed by atoms with Crippen molar-refractivity contribution in [3.05, 3.63) is 0 Å². The summed E-state index contributed by atoms with van der Waals surface area (Å²) in [6.07, 6.45) is 7.34. The summed E-state index contributed by atoms with van der Waals surface area (Å²) < 4.78 is 0. The zero-order chi connectivity index (χ0) is 12.7. The zero-order valence-corrected chi connectivity index (χ0v) is 11.2. The number of nitrogens with one attached hydrogen (secondary N) is 1. The molecule has 0 spiro atoms. The first kappa shape index (κ1) is 14.5. The molecular formula is C14H27NO2. The van der Waals surface area contributed by atoms with Gasteiger partial charge in [0.1, 0.15) is 0 Å². The number of carbonyl (C=O) groups is 1. The molecule has 0 saturated heterocycles. The van der Waals surface area contributed by atoms with Crippen LogP contribution in [0.4, 0.5) is 0 Å². The average Bonchev–Trinajstić information content (AvgIpc) is 2.78. The Morgan fingerprint density at radius 3 is 2.59 bits per heavy atom. The molecule has 1 unspecified atom stereocenters. The molecule has 1 atom stereocenters. The topological polar surface area (TPSA) is 49.3 Å². The fraction of sp³-hybridized carbons (Fsp3) is 0.929. The Morgan fingerprint density at radius 2 is 2.00 bits per heavy atom. The number of aliphatic hydroxyl groups excluding tert-OH is 1. The molecule has 0 aromatic heterocycles. The SMILES string of the molecule is CC(C)C(O)CCNC(=O)CCC1CCCC1. The average molecular weight is 241 g/mol. The Bertz CT molecular complexity index is 222. The van der Waals surface area contributed by atoms with E-state index in [0.717, 1.165) is 12.3 Å². The minimum absolute atomic E-state index is 0.146. The number of aliphatic hydroxyl groups is 1. The van der Waals surface area contributed by atoms with E-state index in [0.29, 0.717) is 19.4 Å². The smallest absolute Gasteiger partial charge is 0.220 e. The molecule has 2 N–H and O–H groups in total. The van der Waals surface area contributed by atoms with E-state index >= 15 is 0 Å². The normalized spacial score (nSPS) is 18.6. The van der Waals surface area contributed by atoms with Crippen molar-refractivity contribution in [1.29, 1.82) is 0 Å². The molecule has 17 heavy (non-hydrogen) atoms. The molecule has 0 heterocycles. The van der Waals surface area contributed by atoms with Crippen molar-refractivity contribution in [3.63, 3.8) is 0 Å². The maximum atomic E-state index is 11.6. The van der Waals surface area contributed by atoms with Crippen molar-refractivity contribution in [1.82, 2.24) is 5.32 Å². The lowest BCUT2D eigenvalue weighted by molar-refractivity contribution is -0.121. The van der Waals surface area contributed by atoms with Crippen LogP contribution in [0.3, 0.4) is 0 Å². The minimum atomic E-state index is -0.301. The third kappa shape index (κ3) is 6.06. The summed E-state index contributed by atoms with van der Waals surface area (Å²) in [5.41, 5.74) is 0. The van der Waals surface area contributed by atoms with Crippen LogP contribution in [-0.4, -0.2) is 23.7 Å². The highest BCUT2D eigenvalue weighted by Gasteiger charge is 2.16.